The first-order valence-corrected chi connectivity index (χ1v) is 8.07. The molecule has 0 bridgehead atoms. The number of nitrogens with zero attached hydrogens (tertiary/aromatic N) is 1. The first-order valence-electron chi connectivity index (χ1n) is 8.07. The van der Waals surface area contributed by atoms with E-state index >= 15 is 0 Å². The summed E-state index contributed by atoms with van der Waals surface area (Å²) in [4.78, 5) is 38.0. The number of esters is 1. The van der Waals surface area contributed by atoms with Crippen LogP contribution in [0.1, 0.15) is 38.8 Å². The average Bonchev–Trinajstić information content (AvgIpc) is 2.60. The highest BCUT2D eigenvalue weighted by Crippen LogP contribution is 2.24. The molecule has 0 spiro atoms. The third-order valence-electron chi connectivity index (χ3n) is 3.89. The van der Waals surface area contributed by atoms with Crippen molar-refractivity contribution in [1.82, 2.24) is 0 Å². The van der Waals surface area contributed by atoms with E-state index in [1.165, 1.54) is 4.90 Å². The zero-order chi connectivity index (χ0) is 18.4. The van der Waals surface area contributed by atoms with Gasteiger partial charge < -0.3 is 4.74 Å². The molecule has 5 nitrogen and oxygen atoms in total. The standard InChI is InChI=1S/C20H21NO4/c1-4-25-18(23)12-21(17-11-6-5-8-14(17)2)20(24)19-15(3)9-7-10-16(19)13-22/h5-11,13H,4,12H2,1-3H3. The summed E-state index contributed by atoms with van der Waals surface area (Å²) >= 11 is 0. The molecular formula is C20H21NO4. The van der Waals surface area contributed by atoms with Gasteiger partial charge in [0, 0.05) is 11.3 Å². The molecule has 0 atom stereocenters. The predicted molar refractivity (Wildman–Crippen MR) is 96.1 cm³/mol. The van der Waals surface area contributed by atoms with Crippen LogP contribution in [0, 0.1) is 13.8 Å². The number of amides is 1. The smallest absolute Gasteiger partial charge is 0.326 e. The van der Waals surface area contributed by atoms with Crippen LogP contribution in [0.2, 0.25) is 0 Å². The van der Waals surface area contributed by atoms with E-state index in [0.29, 0.717) is 28.7 Å². The lowest BCUT2D eigenvalue weighted by Crippen LogP contribution is -2.38. The Morgan fingerprint density at radius 3 is 2.36 bits per heavy atom. The second-order valence-corrected chi connectivity index (χ2v) is 5.64. The van der Waals surface area contributed by atoms with Crippen LogP contribution in [0.4, 0.5) is 5.69 Å². The molecule has 2 aromatic carbocycles. The normalized spacial score (nSPS) is 10.2. The molecule has 25 heavy (non-hydrogen) atoms. The number of rotatable bonds is 6. The zero-order valence-corrected chi connectivity index (χ0v) is 14.6. The molecular weight excluding hydrogens is 318 g/mol. The molecule has 0 saturated heterocycles. The molecule has 0 radical (unpaired) electrons. The Kier molecular flexibility index (Phi) is 6.06. The van der Waals surface area contributed by atoms with E-state index in [2.05, 4.69) is 0 Å². The van der Waals surface area contributed by atoms with Gasteiger partial charge in [-0.05, 0) is 38.0 Å². The SMILES string of the molecule is CCOC(=O)CN(C(=O)c1c(C)cccc1C=O)c1ccccc1C. The molecule has 0 unspecified atom stereocenters. The van der Waals surface area contributed by atoms with Crippen LogP contribution >= 0.6 is 0 Å². The highest BCUT2D eigenvalue weighted by Gasteiger charge is 2.25. The van der Waals surface area contributed by atoms with Crippen molar-refractivity contribution in [2.75, 3.05) is 18.1 Å². The van der Waals surface area contributed by atoms with Gasteiger partial charge in [0.05, 0.1) is 12.2 Å². The van der Waals surface area contributed by atoms with Crippen molar-refractivity contribution in [2.45, 2.75) is 20.8 Å². The highest BCUT2D eigenvalue weighted by molar-refractivity contribution is 6.13. The molecule has 1 amide bonds. The lowest BCUT2D eigenvalue weighted by molar-refractivity contribution is -0.141. The van der Waals surface area contributed by atoms with Gasteiger partial charge in [-0.3, -0.25) is 19.3 Å². The van der Waals surface area contributed by atoms with Crippen molar-refractivity contribution < 1.29 is 19.1 Å². The largest absolute Gasteiger partial charge is 0.465 e. The Morgan fingerprint density at radius 1 is 1.04 bits per heavy atom. The number of ether oxygens (including phenoxy) is 1. The van der Waals surface area contributed by atoms with Gasteiger partial charge in [0.15, 0.2) is 6.29 Å². The van der Waals surface area contributed by atoms with Gasteiger partial charge in [-0.15, -0.1) is 0 Å². The topological polar surface area (TPSA) is 63.7 Å². The summed E-state index contributed by atoms with van der Waals surface area (Å²) < 4.78 is 5.00. The molecule has 0 N–H and O–H groups in total. The number of para-hydroxylation sites is 1. The number of carbonyl (C=O) groups excluding carboxylic acids is 3. The summed E-state index contributed by atoms with van der Waals surface area (Å²) in [5, 5.41) is 0. The maximum absolute atomic E-state index is 13.2. The summed E-state index contributed by atoms with van der Waals surface area (Å²) in [6.45, 7) is 5.35. The molecule has 0 heterocycles. The number of aldehydes is 1. The van der Waals surface area contributed by atoms with Crippen molar-refractivity contribution in [2.24, 2.45) is 0 Å². The third kappa shape index (κ3) is 4.12. The molecule has 5 heteroatoms. The van der Waals surface area contributed by atoms with E-state index in [4.69, 9.17) is 4.74 Å². The minimum absolute atomic E-state index is 0.218. The van der Waals surface area contributed by atoms with Crippen LogP contribution in [0.3, 0.4) is 0 Å². The number of aryl methyl sites for hydroxylation is 2. The lowest BCUT2D eigenvalue weighted by atomic mass is 10.0. The number of carbonyl (C=O) groups is 3. The quantitative estimate of drug-likeness (QED) is 0.598. The molecule has 0 aliphatic heterocycles. The fourth-order valence-electron chi connectivity index (χ4n) is 2.68. The van der Waals surface area contributed by atoms with Gasteiger partial charge >= 0.3 is 5.97 Å². The maximum Gasteiger partial charge on any atom is 0.326 e. The Labute approximate surface area is 147 Å². The van der Waals surface area contributed by atoms with E-state index in [0.717, 1.165) is 5.56 Å². The summed E-state index contributed by atoms with van der Waals surface area (Å²) in [5.41, 5.74) is 2.73. The molecule has 2 aromatic rings. The summed E-state index contributed by atoms with van der Waals surface area (Å²) in [6.07, 6.45) is 0.653. The monoisotopic (exact) mass is 339 g/mol. The fourth-order valence-corrected chi connectivity index (χ4v) is 2.68. The third-order valence-corrected chi connectivity index (χ3v) is 3.89. The molecule has 0 aliphatic carbocycles. The van der Waals surface area contributed by atoms with Crippen molar-refractivity contribution in [1.29, 1.82) is 0 Å². The van der Waals surface area contributed by atoms with Gasteiger partial charge in [0.1, 0.15) is 6.54 Å². The van der Waals surface area contributed by atoms with Crippen molar-refractivity contribution in [3.05, 3.63) is 64.7 Å². The van der Waals surface area contributed by atoms with Gasteiger partial charge in [-0.25, -0.2) is 0 Å². The van der Waals surface area contributed by atoms with Crippen LogP contribution in [-0.2, 0) is 9.53 Å². The average molecular weight is 339 g/mol. The number of benzene rings is 2. The number of hydrogen-bond donors (Lipinski definition) is 0. The molecule has 0 saturated carbocycles. The zero-order valence-electron chi connectivity index (χ0n) is 14.6. The molecule has 130 valence electrons. The Bertz CT molecular complexity index is 798. The van der Waals surface area contributed by atoms with Gasteiger partial charge in [-0.2, -0.15) is 0 Å². The van der Waals surface area contributed by atoms with Gasteiger partial charge in [0.25, 0.3) is 5.91 Å². The van der Waals surface area contributed by atoms with Crippen LogP contribution in [0.5, 0.6) is 0 Å². The van der Waals surface area contributed by atoms with Crippen LogP contribution in [0.25, 0.3) is 0 Å². The molecule has 0 aromatic heterocycles. The van der Waals surface area contributed by atoms with E-state index in [1.54, 1.807) is 44.2 Å². The van der Waals surface area contributed by atoms with Crippen molar-refractivity contribution >= 4 is 23.9 Å². The van der Waals surface area contributed by atoms with E-state index < -0.39 is 11.9 Å². The Hall–Kier alpha value is -2.95. The highest BCUT2D eigenvalue weighted by atomic mass is 16.5. The minimum Gasteiger partial charge on any atom is -0.465 e. The van der Waals surface area contributed by atoms with E-state index in [1.807, 2.05) is 19.1 Å². The summed E-state index contributed by atoms with van der Waals surface area (Å²) in [5.74, 6) is -0.900. The first kappa shape index (κ1) is 18.4. The lowest BCUT2D eigenvalue weighted by Gasteiger charge is -2.25. The predicted octanol–water partition coefficient (Wildman–Crippen LogP) is 3.33. The Morgan fingerprint density at radius 2 is 1.72 bits per heavy atom. The van der Waals surface area contributed by atoms with E-state index in [-0.39, 0.29) is 13.2 Å². The number of hydrogen-bond acceptors (Lipinski definition) is 4. The van der Waals surface area contributed by atoms with Crippen LogP contribution in [0.15, 0.2) is 42.5 Å². The van der Waals surface area contributed by atoms with Crippen molar-refractivity contribution in [3.63, 3.8) is 0 Å². The Balaban J connectivity index is 2.52. The number of anilines is 1. The minimum atomic E-state index is -0.500. The first-order chi connectivity index (χ1) is 12.0. The van der Waals surface area contributed by atoms with Crippen molar-refractivity contribution in [3.8, 4) is 0 Å². The fraction of sp³-hybridized carbons (Fsp3) is 0.250. The second-order valence-electron chi connectivity index (χ2n) is 5.64. The van der Waals surface area contributed by atoms with Crippen LogP contribution < -0.4 is 4.90 Å². The second kappa shape index (κ2) is 8.24. The maximum atomic E-state index is 13.2. The molecule has 0 fully saturated rings. The van der Waals surface area contributed by atoms with Gasteiger partial charge in [0.2, 0.25) is 0 Å². The summed E-state index contributed by atoms with van der Waals surface area (Å²) in [7, 11) is 0. The molecule has 0 aliphatic rings. The summed E-state index contributed by atoms with van der Waals surface area (Å²) in [6, 6.07) is 12.4. The molecule has 2 rings (SSSR count). The van der Waals surface area contributed by atoms with Crippen LogP contribution in [-0.4, -0.2) is 31.3 Å². The van der Waals surface area contributed by atoms with E-state index in [9.17, 15) is 14.4 Å². The van der Waals surface area contributed by atoms with Gasteiger partial charge in [-0.1, -0.05) is 36.4 Å².